The standard InChI is InChI=1S/C11H6ClN3O4/c12-4-1-2-5-6(3-4)13-8(11(18)19)7(5)14-15-9(16)10(15)17/h1-3,13-14H,(H,18,19). The normalized spacial score (nSPS) is 11.2. The van der Waals surface area contributed by atoms with E-state index in [0.29, 0.717) is 15.9 Å². The predicted molar refractivity (Wildman–Crippen MR) is 68.6 cm³/mol. The number of fused-ring (bicyclic) bond motifs is 1. The van der Waals surface area contributed by atoms with Gasteiger partial charge < -0.3 is 10.1 Å². The molecular formula is C11H6ClN3O4. The molecule has 2 heterocycles. The van der Waals surface area contributed by atoms with E-state index < -0.39 is 17.1 Å². The van der Waals surface area contributed by atoms with Crippen LogP contribution in [0.25, 0.3) is 10.9 Å². The van der Waals surface area contributed by atoms with E-state index in [-0.39, 0.29) is 11.4 Å². The van der Waals surface area contributed by atoms with Gasteiger partial charge in [-0.05, 0) is 18.2 Å². The molecule has 0 unspecified atom stereocenters. The van der Waals surface area contributed by atoms with Crippen LogP contribution in [0.4, 0.5) is 5.69 Å². The Bertz CT molecular complexity index is 859. The van der Waals surface area contributed by atoms with Crippen molar-refractivity contribution >= 4 is 34.2 Å². The molecule has 3 aromatic rings. The third-order valence-corrected chi connectivity index (χ3v) is 2.97. The molecule has 96 valence electrons. The Morgan fingerprint density at radius 2 is 2.00 bits per heavy atom. The minimum absolute atomic E-state index is 0.148. The van der Waals surface area contributed by atoms with Gasteiger partial charge in [0.25, 0.3) is 0 Å². The van der Waals surface area contributed by atoms with Gasteiger partial charge >= 0.3 is 17.1 Å². The molecule has 2 aromatic heterocycles. The Labute approximate surface area is 109 Å². The first-order valence-electron chi connectivity index (χ1n) is 5.18. The van der Waals surface area contributed by atoms with Crippen LogP contribution in [-0.4, -0.2) is 20.7 Å². The molecule has 0 atom stereocenters. The molecule has 8 heteroatoms. The molecule has 1 aromatic carbocycles. The Morgan fingerprint density at radius 1 is 1.32 bits per heavy atom. The highest BCUT2D eigenvalue weighted by Crippen LogP contribution is 2.29. The van der Waals surface area contributed by atoms with Crippen LogP contribution in [0.3, 0.4) is 0 Å². The number of aromatic amines is 1. The number of anilines is 1. The highest BCUT2D eigenvalue weighted by atomic mass is 35.5. The molecule has 3 N–H and O–H groups in total. The van der Waals surface area contributed by atoms with Crippen molar-refractivity contribution < 1.29 is 9.90 Å². The average Bonchev–Trinajstić information content (AvgIpc) is 2.78. The molecule has 0 spiro atoms. The molecule has 0 aliphatic heterocycles. The number of rotatable bonds is 3. The number of aromatic nitrogens is 2. The number of nitrogens with zero attached hydrogens (tertiary/aromatic N) is 1. The van der Waals surface area contributed by atoms with E-state index in [1.165, 1.54) is 0 Å². The number of carbonyl (C=O) groups is 1. The van der Waals surface area contributed by atoms with E-state index in [4.69, 9.17) is 16.7 Å². The van der Waals surface area contributed by atoms with Gasteiger partial charge in [0.15, 0.2) is 5.69 Å². The van der Waals surface area contributed by atoms with Crippen LogP contribution in [0.15, 0.2) is 27.8 Å². The predicted octanol–water partition coefficient (Wildman–Crippen LogP) is 0.792. The molecule has 0 bridgehead atoms. The van der Waals surface area contributed by atoms with Gasteiger partial charge in [-0.3, -0.25) is 15.0 Å². The van der Waals surface area contributed by atoms with Crippen LogP contribution in [0, 0.1) is 0 Å². The number of carboxylic acid groups (broad SMARTS) is 1. The van der Waals surface area contributed by atoms with Crippen molar-refractivity contribution in [1.29, 1.82) is 0 Å². The van der Waals surface area contributed by atoms with Gasteiger partial charge in [0.2, 0.25) is 0 Å². The molecule has 0 amide bonds. The number of benzene rings is 1. The number of hydrogen-bond acceptors (Lipinski definition) is 4. The summed E-state index contributed by atoms with van der Waals surface area (Å²) in [6, 6.07) is 4.74. The van der Waals surface area contributed by atoms with Crippen molar-refractivity contribution in [3.8, 4) is 0 Å². The monoisotopic (exact) mass is 279 g/mol. The van der Waals surface area contributed by atoms with Gasteiger partial charge in [0.05, 0.1) is 5.69 Å². The lowest BCUT2D eigenvalue weighted by Crippen LogP contribution is -2.11. The molecule has 0 aliphatic rings. The van der Waals surface area contributed by atoms with E-state index in [9.17, 15) is 14.4 Å². The molecule has 0 fully saturated rings. The first-order chi connectivity index (χ1) is 8.99. The summed E-state index contributed by atoms with van der Waals surface area (Å²) in [6.45, 7) is 0. The number of carboxylic acids is 1. The number of halogens is 1. The van der Waals surface area contributed by atoms with Gasteiger partial charge in [-0.25, -0.2) is 4.79 Å². The molecule has 7 nitrogen and oxygen atoms in total. The van der Waals surface area contributed by atoms with Crippen LogP contribution in [0.2, 0.25) is 5.02 Å². The second-order valence-corrected chi connectivity index (χ2v) is 4.36. The fraction of sp³-hybridized carbons (Fsp3) is 0. The summed E-state index contributed by atoms with van der Waals surface area (Å²) in [6.07, 6.45) is 0. The highest BCUT2D eigenvalue weighted by Gasteiger charge is 2.22. The smallest absolute Gasteiger partial charge is 0.354 e. The Morgan fingerprint density at radius 3 is 2.58 bits per heavy atom. The number of nitrogens with one attached hydrogen (secondary N) is 2. The van der Waals surface area contributed by atoms with Gasteiger partial charge in [-0.2, -0.15) is 4.68 Å². The fourth-order valence-corrected chi connectivity index (χ4v) is 1.97. The van der Waals surface area contributed by atoms with Crippen molar-refractivity contribution in [2.24, 2.45) is 0 Å². The minimum atomic E-state index is -1.21. The van der Waals surface area contributed by atoms with Crippen LogP contribution in [-0.2, 0) is 0 Å². The van der Waals surface area contributed by atoms with E-state index in [2.05, 4.69) is 10.4 Å². The summed E-state index contributed by atoms with van der Waals surface area (Å²) in [5, 5.41) is 10.1. The van der Waals surface area contributed by atoms with E-state index in [1.54, 1.807) is 18.2 Å². The topological polar surface area (TPSA) is 104 Å². The summed E-state index contributed by atoms with van der Waals surface area (Å²) in [7, 11) is 0. The molecular weight excluding hydrogens is 274 g/mol. The van der Waals surface area contributed by atoms with E-state index in [1.807, 2.05) is 0 Å². The second-order valence-electron chi connectivity index (χ2n) is 3.93. The minimum Gasteiger partial charge on any atom is -0.477 e. The lowest BCUT2D eigenvalue weighted by molar-refractivity contribution is 0.0692. The van der Waals surface area contributed by atoms with E-state index >= 15 is 0 Å². The Kier molecular flexibility index (Phi) is 2.26. The van der Waals surface area contributed by atoms with Crippen molar-refractivity contribution in [1.82, 2.24) is 9.66 Å². The maximum atomic E-state index is 11.1. The average molecular weight is 280 g/mol. The molecule has 0 aliphatic carbocycles. The first kappa shape index (κ1) is 11.5. The summed E-state index contributed by atoms with van der Waals surface area (Å²) < 4.78 is 0.740. The summed E-state index contributed by atoms with van der Waals surface area (Å²) >= 11 is 5.82. The molecule has 0 saturated carbocycles. The lowest BCUT2D eigenvalue weighted by Gasteiger charge is -2.01. The zero-order chi connectivity index (χ0) is 13.7. The number of aromatic carboxylic acids is 1. The molecule has 19 heavy (non-hydrogen) atoms. The van der Waals surface area contributed by atoms with Crippen molar-refractivity contribution in [3.05, 3.63) is 49.6 Å². The quantitative estimate of drug-likeness (QED) is 0.615. The molecule has 3 rings (SSSR count). The van der Waals surface area contributed by atoms with E-state index in [0.717, 1.165) is 4.68 Å². The lowest BCUT2D eigenvalue weighted by atomic mass is 10.2. The zero-order valence-electron chi connectivity index (χ0n) is 9.23. The van der Waals surface area contributed by atoms with Gasteiger partial charge in [-0.1, -0.05) is 11.6 Å². The largest absolute Gasteiger partial charge is 0.477 e. The van der Waals surface area contributed by atoms with Gasteiger partial charge in [0, 0.05) is 15.9 Å². The maximum Gasteiger partial charge on any atom is 0.354 e. The third kappa shape index (κ3) is 1.71. The van der Waals surface area contributed by atoms with Gasteiger partial charge in [-0.15, -0.1) is 0 Å². The van der Waals surface area contributed by atoms with Gasteiger partial charge in [0.1, 0.15) is 0 Å². The Balaban J connectivity index is 2.22. The zero-order valence-corrected chi connectivity index (χ0v) is 9.99. The third-order valence-electron chi connectivity index (χ3n) is 2.74. The maximum absolute atomic E-state index is 11.1. The fourth-order valence-electron chi connectivity index (χ4n) is 1.79. The summed E-state index contributed by atoms with van der Waals surface area (Å²) in [5.41, 5.74) is 1.57. The SMILES string of the molecule is O=C(O)c1[nH]c2cc(Cl)ccc2c1Nn1c(=O)c1=O. The van der Waals surface area contributed by atoms with Crippen LogP contribution in [0.5, 0.6) is 0 Å². The molecule has 0 saturated heterocycles. The Hall–Kier alpha value is -2.54. The summed E-state index contributed by atoms with van der Waals surface area (Å²) in [5.74, 6) is -1.21. The van der Waals surface area contributed by atoms with Crippen molar-refractivity contribution in [2.45, 2.75) is 0 Å². The first-order valence-corrected chi connectivity index (χ1v) is 5.56. The van der Waals surface area contributed by atoms with Crippen LogP contribution in [0.1, 0.15) is 10.5 Å². The number of hydrogen-bond donors (Lipinski definition) is 3. The van der Waals surface area contributed by atoms with Crippen LogP contribution < -0.4 is 16.5 Å². The highest BCUT2D eigenvalue weighted by molar-refractivity contribution is 6.31. The van der Waals surface area contributed by atoms with Crippen molar-refractivity contribution in [3.63, 3.8) is 0 Å². The van der Waals surface area contributed by atoms with Crippen LogP contribution >= 0.6 is 11.6 Å². The molecule has 0 radical (unpaired) electrons. The second kappa shape index (κ2) is 3.72. The number of H-pyrrole nitrogens is 1. The summed E-state index contributed by atoms with van der Waals surface area (Å²) in [4.78, 5) is 35.7. The van der Waals surface area contributed by atoms with Crippen molar-refractivity contribution in [2.75, 3.05) is 5.43 Å².